The van der Waals surface area contributed by atoms with E-state index in [0.717, 1.165) is 4.90 Å². The van der Waals surface area contributed by atoms with Crippen molar-refractivity contribution in [2.75, 3.05) is 0 Å². The van der Waals surface area contributed by atoms with Crippen LogP contribution in [0.25, 0.3) is 0 Å². The summed E-state index contributed by atoms with van der Waals surface area (Å²) in [5.74, 6) is -1.34. The fourth-order valence-electron chi connectivity index (χ4n) is 2.77. The summed E-state index contributed by atoms with van der Waals surface area (Å²) in [6.07, 6.45) is 3.44. The summed E-state index contributed by atoms with van der Waals surface area (Å²) in [5.41, 5.74) is -0.329. The number of imide groups is 3. The van der Waals surface area contributed by atoms with E-state index in [1.54, 1.807) is 36.4 Å². The highest BCUT2D eigenvalue weighted by Crippen LogP contribution is 2.39. The van der Waals surface area contributed by atoms with Crippen molar-refractivity contribution in [3.8, 4) is 0 Å². The van der Waals surface area contributed by atoms with Gasteiger partial charge in [0.15, 0.2) is 0 Å². The van der Waals surface area contributed by atoms with Crippen LogP contribution in [0.1, 0.15) is 43.0 Å². The summed E-state index contributed by atoms with van der Waals surface area (Å²) in [6.45, 7) is 5.59. The molecule has 0 bridgehead atoms. The fourth-order valence-corrected chi connectivity index (χ4v) is 2.77. The predicted molar refractivity (Wildman–Crippen MR) is 79.4 cm³/mol. The predicted octanol–water partition coefficient (Wildman–Crippen LogP) is 2.95. The molecular formula is C17H19NO3. The molecule has 1 aliphatic rings. The monoisotopic (exact) mass is 285 g/mol. The number of carbonyl (C=O) groups excluding carboxylic acids is 3. The smallest absolute Gasteiger partial charge is 0.267 e. The third-order valence-electron chi connectivity index (χ3n) is 4.16. The zero-order chi connectivity index (χ0) is 15.5. The lowest BCUT2D eigenvalue weighted by Crippen LogP contribution is -2.53. The first-order valence-electron chi connectivity index (χ1n) is 7.13. The van der Waals surface area contributed by atoms with Crippen molar-refractivity contribution in [1.29, 1.82) is 0 Å². The van der Waals surface area contributed by atoms with Crippen LogP contribution in [0.3, 0.4) is 0 Å². The van der Waals surface area contributed by atoms with Crippen LogP contribution in [0.15, 0.2) is 43.0 Å². The summed E-state index contributed by atoms with van der Waals surface area (Å²) >= 11 is 0. The molecule has 4 heteroatoms. The van der Waals surface area contributed by atoms with Gasteiger partial charge in [0, 0.05) is 12.0 Å². The van der Waals surface area contributed by atoms with E-state index in [4.69, 9.17) is 0 Å². The second kappa shape index (κ2) is 6.04. The largest absolute Gasteiger partial charge is 0.274 e. The van der Waals surface area contributed by atoms with Gasteiger partial charge < -0.3 is 0 Å². The Morgan fingerprint density at radius 1 is 1.33 bits per heavy atom. The molecule has 1 fully saturated rings. The lowest BCUT2D eigenvalue weighted by Gasteiger charge is -2.38. The number of likely N-dealkylation sites (tertiary alicyclic amines) is 1. The van der Waals surface area contributed by atoms with Crippen molar-refractivity contribution >= 4 is 17.7 Å². The average molecular weight is 285 g/mol. The Morgan fingerprint density at radius 3 is 2.57 bits per heavy atom. The maximum absolute atomic E-state index is 12.7. The van der Waals surface area contributed by atoms with Gasteiger partial charge >= 0.3 is 0 Å². The number of nitrogens with zero attached hydrogens (tertiary/aromatic N) is 1. The molecule has 0 unspecified atom stereocenters. The first-order chi connectivity index (χ1) is 10.1. The molecule has 0 radical (unpaired) electrons. The topological polar surface area (TPSA) is 54.5 Å². The van der Waals surface area contributed by atoms with Crippen molar-refractivity contribution in [3.63, 3.8) is 0 Å². The van der Waals surface area contributed by atoms with Gasteiger partial charge in [-0.25, -0.2) is 4.90 Å². The summed E-state index contributed by atoms with van der Waals surface area (Å²) in [4.78, 5) is 38.1. The van der Waals surface area contributed by atoms with Crippen LogP contribution in [-0.4, -0.2) is 22.6 Å². The molecular weight excluding hydrogens is 266 g/mol. The number of benzene rings is 1. The van der Waals surface area contributed by atoms with E-state index in [1.807, 2.05) is 6.92 Å². The third kappa shape index (κ3) is 2.66. The Bertz CT molecular complexity index is 579. The number of amides is 3. The summed E-state index contributed by atoms with van der Waals surface area (Å²) < 4.78 is 0. The molecule has 0 saturated carbocycles. The average Bonchev–Trinajstić information content (AvgIpc) is 2.51. The second-order valence-corrected chi connectivity index (χ2v) is 5.33. The van der Waals surface area contributed by atoms with Crippen molar-refractivity contribution in [2.24, 2.45) is 5.41 Å². The summed E-state index contributed by atoms with van der Waals surface area (Å²) in [7, 11) is 0. The van der Waals surface area contributed by atoms with Gasteiger partial charge in [0.25, 0.3) is 5.91 Å². The van der Waals surface area contributed by atoms with Gasteiger partial charge in [0.1, 0.15) is 0 Å². The van der Waals surface area contributed by atoms with Gasteiger partial charge in [-0.2, -0.15) is 0 Å². The number of carbonyl (C=O) groups is 3. The Morgan fingerprint density at radius 2 is 2.00 bits per heavy atom. The molecule has 1 atom stereocenters. The highest BCUT2D eigenvalue weighted by molar-refractivity contribution is 6.18. The Balaban J connectivity index is 2.37. The highest BCUT2D eigenvalue weighted by atomic mass is 16.2. The standard InChI is InChI=1S/C17H19NO3/c1-3-11-17(4-2)12-10-14(19)18(16(17)21)15(20)13-8-6-5-7-9-13/h3,5-9H,1,4,10-12H2,2H3/t17-/m1/s1. The van der Waals surface area contributed by atoms with Crippen LogP contribution in [0.2, 0.25) is 0 Å². The fraction of sp³-hybridized carbons (Fsp3) is 0.353. The third-order valence-corrected chi connectivity index (χ3v) is 4.16. The molecule has 1 saturated heterocycles. The molecule has 0 spiro atoms. The number of allylic oxidation sites excluding steroid dienone is 1. The molecule has 4 nitrogen and oxygen atoms in total. The quantitative estimate of drug-likeness (QED) is 0.631. The first kappa shape index (κ1) is 15.2. The molecule has 0 aromatic heterocycles. The van der Waals surface area contributed by atoms with Gasteiger partial charge in [-0.05, 0) is 31.4 Å². The molecule has 2 rings (SSSR count). The first-order valence-corrected chi connectivity index (χ1v) is 7.13. The molecule has 21 heavy (non-hydrogen) atoms. The maximum atomic E-state index is 12.7. The van der Waals surface area contributed by atoms with Gasteiger partial charge in [-0.1, -0.05) is 31.2 Å². The van der Waals surface area contributed by atoms with Crippen LogP contribution in [0.4, 0.5) is 0 Å². The molecule has 1 aliphatic heterocycles. The Kier molecular flexibility index (Phi) is 4.36. The van der Waals surface area contributed by atoms with E-state index in [1.165, 1.54) is 0 Å². The number of hydrogen-bond acceptors (Lipinski definition) is 3. The van der Waals surface area contributed by atoms with Crippen LogP contribution in [0, 0.1) is 5.41 Å². The van der Waals surface area contributed by atoms with Crippen LogP contribution in [-0.2, 0) is 9.59 Å². The maximum Gasteiger partial charge on any atom is 0.267 e. The van der Waals surface area contributed by atoms with Crippen LogP contribution >= 0.6 is 0 Å². The van der Waals surface area contributed by atoms with Crippen molar-refractivity contribution in [2.45, 2.75) is 32.6 Å². The second-order valence-electron chi connectivity index (χ2n) is 5.33. The zero-order valence-electron chi connectivity index (χ0n) is 12.2. The van der Waals surface area contributed by atoms with E-state index in [-0.39, 0.29) is 6.42 Å². The molecule has 110 valence electrons. The Labute approximate surface area is 124 Å². The highest BCUT2D eigenvalue weighted by Gasteiger charge is 2.47. The minimum atomic E-state index is -0.680. The zero-order valence-corrected chi connectivity index (χ0v) is 12.2. The molecule has 1 aromatic carbocycles. The summed E-state index contributed by atoms with van der Waals surface area (Å²) in [6, 6.07) is 8.42. The summed E-state index contributed by atoms with van der Waals surface area (Å²) in [5, 5.41) is 0. The number of piperidine rings is 1. The molecule has 1 heterocycles. The number of rotatable bonds is 4. The van der Waals surface area contributed by atoms with Gasteiger partial charge in [0.05, 0.1) is 5.41 Å². The van der Waals surface area contributed by atoms with E-state index in [2.05, 4.69) is 6.58 Å². The van der Waals surface area contributed by atoms with Crippen LogP contribution in [0.5, 0.6) is 0 Å². The van der Waals surface area contributed by atoms with Crippen molar-refractivity contribution in [1.82, 2.24) is 4.90 Å². The van der Waals surface area contributed by atoms with Gasteiger partial charge in [-0.15, -0.1) is 6.58 Å². The minimum absolute atomic E-state index is 0.214. The van der Waals surface area contributed by atoms with E-state index in [0.29, 0.717) is 24.8 Å². The van der Waals surface area contributed by atoms with Crippen LogP contribution < -0.4 is 0 Å². The molecule has 3 amide bonds. The lowest BCUT2D eigenvalue weighted by atomic mass is 9.74. The van der Waals surface area contributed by atoms with Crippen molar-refractivity contribution in [3.05, 3.63) is 48.6 Å². The Hall–Kier alpha value is -2.23. The SMILES string of the molecule is C=CC[C@]1(CC)CCC(=O)N(C(=O)c2ccccc2)C1=O. The molecule has 0 aliphatic carbocycles. The lowest BCUT2D eigenvalue weighted by molar-refractivity contribution is -0.153. The minimum Gasteiger partial charge on any atom is -0.274 e. The van der Waals surface area contributed by atoms with Crippen molar-refractivity contribution < 1.29 is 14.4 Å². The normalized spacial score (nSPS) is 22.2. The number of hydrogen-bond donors (Lipinski definition) is 0. The van der Waals surface area contributed by atoms with Gasteiger partial charge in [0.2, 0.25) is 11.8 Å². The molecule has 1 aromatic rings. The van der Waals surface area contributed by atoms with Gasteiger partial charge in [-0.3, -0.25) is 14.4 Å². The molecule has 0 N–H and O–H groups in total. The van der Waals surface area contributed by atoms with E-state index >= 15 is 0 Å². The van der Waals surface area contributed by atoms with E-state index < -0.39 is 23.1 Å². The van der Waals surface area contributed by atoms with E-state index in [9.17, 15) is 14.4 Å².